The van der Waals surface area contributed by atoms with Crippen molar-refractivity contribution in [3.05, 3.63) is 30.3 Å². The molecule has 1 aromatic heterocycles. The molecule has 0 atom stereocenters. The first-order chi connectivity index (χ1) is 8.25. The van der Waals surface area contributed by atoms with Gasteiger partial charge in [-0.1, -0.05) is 28.1 Å². The van der Waals surface area contributed by atoms with E-state index >= 15 is 0 Å². The molecule has 0 amide bonds. The fraction of sp³-hybridized carbons (Fsp3) is 0. The summed E-state index contributed by atoms with van der Waals surface area (Å²) in [4.78, 5) is 11.1. The Kier molecular flexibility index (Phi) is 3.05. The minimum absolute atomic E-state index is 0.203. The Balaban J connectivity index is 2.17. The maximum absolute atomic E-state index is 10.2. The van der Waals surface area contributed by atoms with Crippen LogP contribution in [-0.2, 0) is 4.79 Å². The van der Waals surface area contributed by atoms with E-state index in [1.54, 1.807) is 0 Å². The van der Waals surface area contributed by atoms with Gasteiger partial charge in [-0.25, -0.2) is 0 Å². The average Bonchev–Trinajstić information content (AvgIpc) is 2.75. The Bertz CT molecular complexity index is 535. The van der Waals surface area contributed by atoms with Gasteiger partial charge in [-0.15, -0.1) is 0 Å². The zero-order chi connectivity index (χ0) is 12.1. The Morgan fingerprint density at radius 2 is 2.18 bits per heavy atom. The summed E-state index contributed by atoms with van der Waals surface area (Å²) in [6.07, 6.45) is 0.590. The van der Waals surface area contributed by atoms with Crippen LogP contribution < -0.4 is 10.4 Å². The van der Waals surface area contributed by atoms with Crippen LogP contribution in [0.3, 0.4) is 0 Å². The number of carboxylic acid groups (broad SMARTS) is 1. The van der Waals surface area contributed by atoms with Crippen LogP contribution >= 0.6 is 0 Å². The number of hydrogen-bond acceptors (Lipinski definition) is 7. The molecule has 0 aliphatic heterocycles. The van der Waals surface area contributed by atoms with Gasteiger partial charge in [-0.3, -0.25) is 0 Å². The Morgan fingerprint density at radius 1 is 1.41 bits per heavy atom. The Morgan fingerprint density at radius 3 is 2.88 bits per heavy atom. The second-order valence-corrected chi connectivity index (χ2v) is 2.95. The minimum Gasteiger partial charge on any atom is -0.544 e. The van der Waals surface area contributed by atoms with Gasteiger partial charge in [0.15, 0.2) is 0 Å². The van der Waals surface area contributed by atoms with Gasteiger partial charge < -0.3 is 15.2 Å². The molecule has 86 valence electrons. The summed E-state index contributed by atoms with van der Waals surface area (Å²) in [6, 6.07) is 9.15. The summed E-state index contributed by atoms with van der Waals surface area (Å²) in [5.41, 5.74) is 0.757. The summed E-state index contributed by atoms with van der Waals surface area (Å²) in [5.74, 6) is -1.22. The number of carbonyl (C=O) groups excluding carboxylic acids is 1. The smallest absolute Gasteiger partial charge is 0.269 e. The number of carbonyl (C=O) groups is 1. The Hall–Kier alpha value is -2.77. The van der Waals surface area contributed by atoms with E-state index in [0.29, 0.717) is 6.21 Å². The molecule has 0 aliphatic carbocycles. The quantitative estimate of drug-likeness (QED) is 0.676. The number of rotatable bonds is 4. The fourth-order valence-corrected chi connectivity index (χ4v) is 1.09. The van der Waals surface area contributed by atoms with Crippen molar-refractivity contribution in [2.24, 2.45) is 5.10 Å². The highest BCUT2D eigenvalue weighted by Crippen LogP contribution is 2.11. The lowest BCUT2D eigenvalue weighted by Crippen LogP contribution is -2.23. The summed E-state index contributed by atoms with van der Waals surface area (Å²) < 4.78 is 0. The van der Waals surface area contributed by atoms with E-state index in [1.807, 2.05) is 30.3 Å². The molecule has 0 saturated carbocycles. The first kappa shape index (κ1) is 10.7. The molecular weight excluding hydrogens is 224 g/mol. The predicted octanol–water partition coefficient (Wildman–Crippen LogP) is -1.000. The van der Waals surface area contributed by atoms with Gasteiger partial charge in [-0.05, 0) is 22.6 Å². The molecule has 8 heteroatoms. The molecule has 1 heterocycles. The van der Waals surface area contributed by atoms with Crippen LogP contribution in [0.2, 0.25) is 0 Å². The minimum atomic E-state index is -1.42. The van der Waals surface area contributed by atoms with Gasteiger partial charge >= 0.3 is 0 Å². The van der Waals surface area contributed by atoms with Crippen molar-refractivity contribution in [1.82, 2.24) is 20.3 Å². The van der Waals surface area contributed by atoms with Crippen LogP contribution in [0.4, 0.5) is 11.6 Å². The number of nitrogens with one attached hydrogen (secondary N) is 1. The van der Waals surface area contributed by atoms with Gasteiger partial charge in [0.1, 0.15) is 0 Å². The molecule has 2 rings (SSSR count). The maximum Gasteiger partial charge on any atom is 0.269 e. The van der Waals surface area contributed by atoms with Crippen LogP contribution in [0, 0.1) is 0 Å². The van der Waals surface area contributed by atoms with E-state index in [-0.39, 0.29) is 5.95 Å². The predicted molar refractivity (Wildman–Crippen MR) is 56.4 cm³/mol. The fourth-order valence-electron chi connectivity index (χ4n) is 1.09. The normalized spacial score (nSPS) is 10.6. The highest BCUT2D eigenvalue weighted by molar-refractivity contribution is 6.20. The molecule has 0 bridgehead atoms. The van der Waals surface area contributed by atoms with E-state index in [2.05, 4.69) is 25.9 Å². The molecule has 0 fully saturated rings. The molecular formula is C9H7N6O2-. The number of para-hydroxylation sites is 1. The summed E-state index contributed by atoms with van der Waals surface area (Å²) in [7, 11) is 0. The summed E-state index contributed by atoms with van der Waals surface area (Å²) in [5, 5.41) is 27.1. The van der Waals surface area contributed by atoms with Crippen molar-refractivity contribution in [2.45, 2.75) is 0 Å². The number of aliphatic carboxylic acids is 1. The Labute approximate surface area is 95.6 Å². The lowest BCUT2D eigenvalue weighted by Gasteiger charge is -2.02. The van der Waals surface area contributed by atoms with E-state index in [1.165, 1.54) is 0 Å². The number of anilines is 2. The number of benzene rings is 1. The highest BCUT2D eigenvalue weighted by atomic mass is 16.4. The van der Waals surface area contributed by atoms with Crippen molar-refractivity contribution in [3.63, 3.8) is 0 Å². The van der Waals surface area contributed by atoms with Crippen molar-refractivity contribution >= 4 is 23.8 Å². The second-order valence-electron chi connectivity index (χ2n) is 2.95. The molecule has 8 nitrogen and oxygen atoms in total. The van der Waals surface area contributed by atoms with Crippen molar-refractivity contribution in [1.29, 1.82) is 0 Å². The first-order valence-corrected chi connectivity index (χ1v) is 4.61. The molecule has 0 unspecified atom stereocenters. The molecule has 0 saturated heterocycles. The number of tetrazole rings is 1. The zero-order valence-corrected chi connectivity index (χ0v) is 8.52. The standard InChI is InChI=1S/C9H8N6O2/c16-8(17)6-10-15-9(12-13-14-15)11-7-4-2-1-3-5-7/h1-6H,(H,16,17)(H,11,12,14)/p-1/b10-6-. The van der Waals surface area contributed by atoms with Crippen LogP contribution in [0.5, 0.6) is 0 Å². The third-order valence-corrected chi connectivity index (χ3v) is 1.76. The molecule has 0 radical (unpaired) electrons. The molecule has 0 aliphatic rings. The lowest BCUT2D eigenvalue weighted by molar-refractivity contribution is -0.293. The van der Waals surface area contributed by atoms with Gasteiger partial charge in [-0.2, -0.15) is 5.10 Å². The first-order valence-electron chi connectivity index (χ1n) is 4.61. The van der Waals surface area contributed by atoms with Crippen LogP contribution in [-0.4, -0.2) is 32.5 Å². The van der Waals surface area contributed by atoms with Crippen LogP contribution in [0.25, 0.3) is 0 Å². The second kappa shape index (κ2) is 4.84. The van der Waals surface area contributed by atoms with Crippen LogP contribution in [0.15, 0.2) is 35.4 Å². The maximum atomic E-state index is 10.2. The van der Waals surface area contributed by atoms with E-state index in [9.17, 15) is 9.90 Å². The van der Waals surface area contributed by atoms with Crippen molar-refractivity contribution < 1.29 is 9.90 Å². The summed E-state index contributed by atoms with van der Waals surface area (Å²) in [6.45, 7) is 0. The number of aromatic nitrogens is 4. The van der Waals surface area contributed by atoms with Crippen LogP contribution in [0.1, 0.15) is 0 Å². The molecule has 1 aromatic carbocycles. The topological polar surface area (TPSA) is 108 Å². The van der Waals surface area contributed by atoms with Gasteiger partial charge in [0, 0.05) is 5.69 Å². The average molecular weight is 231 g/mol. The van der Waals surface area contributed by atoms with E-state index in [4.69, 9.17) is 0 Å². The highest BCUT2D eigenvalue weighted by Gasteiger charge is 2.03. The summed E-state index contributed by atoms with van der Waals surface area (Å²) >= 11 is 0. The molecule has 1 N–H and O–H groups in total. The third-order valence-electron chi connectivity index (χ3n) is 1.76. The zero-order valence-electron chi connectivity index (χ0n) is 8.52. The third kappa shape index (κ3) is 2.84. The molecule has 0 spiro atoms. The number of carboxylic acids is 1. The lowest BCUT2D eigenvalue weighted by atomic mass is 10.3. The SMILES string of the molecule is O=C([O-])/C=N\n1nnnc1Nc1ccccc1. The van der Waals surface area contributed by atoms with Gasteiger partial charge in [0.05, 0.1) is 12.2 Å². The number of hydrogen-bond donors (Lipinski definition) is 1. The van der Waals surface area contributed by atoms with Gasteiger partial charge in [0.25, 0.3) is 5.95 Å². The van der Waals surface area contributed by atoms with Gasteiger partial charge in [0.2, 0.25) is 0 Å². The van der Waals surface area contributed by atoms with E-state index < -0.39 is 5.97 Å². The molecule has 2 aromatic rings. The van der Waals surface area contributed by atoms with E-state index in [0.717, 1.165) is 10.5 Å². The van der Waals surface area contributed by atoms with Crippen molar-refractivity contribution in [3.8, 4) is 0 Å². The molecule has 17 heavy (non-hydrogen) atoms. The largest absolute Gasteiger partial charge is 0.544 e. The monoisotopic (exact) mass is 231 g/mol. The van der Waals surface area contributed by atoms with Crippen molar-refractivity contribution in [2.75, 3.05) is 5.32 Å². The number of nitrogens with zero attached hydrogens (tertiary/aromatic N) is 5.